The van der Waals surface area contributed by atoms with Crippen LogP contribution in [0.2, 0.25) is 0 Å². The summed E-state index contributed by atoms with van der Waals surface area (Å²) in [5.41, 5.74) is 2.59. The van der Waals surface area contributed by atoms with E-state index in [4.69, 9.17) is 4.74 Å². The standard InChI is InChI=1S/C17H28O3/c1-5-15(10-7-11-16-14(3)20-16)9-6-8-13(2)12-17(18)19-4/h9,12,14,16H,5-8,10-11H2,1-4H3. The van der Waals surface area contributed by atoms with Crippen LogP contribution in [0.4, 0.5) is 0 Å². The summed E-state index contributed by atoms with van der Waals surface area (Å²) < 4.78 is 10.0. The summed E-state index contributed by atoms with van der Waals surface area (Å²) in [7, 11) is 1.41. The number of hydrogen-bond acceptors (Lipinski definition) is 3. The van der Waals surface area contributed by atoms with Gasteiger partial charge >= 0.3 is 5.97 Å². The molecule has 2 atom stereocenters. The second-order valence-electron chi connectivity index (χ2n) is 5.54. The number of allylic oxidation sites excluding steroid dienone is 3. The highest BCUT2D eigenvalue weighted by Gasteiger charge is 2.32. The molecule has 0 radical (unpaired) electrons. The Hall–Kier alpha value is -1.09. The van der Waals surface area contributed by atoms with Crippen LogP contribution in [0.5, 0.6) is 0 Å². The van der Waals surface area contributed by atoms with Gasteiger partial charge in [0.15, 0.2) is 0 Å². The summed E-state index contributed by atoms with van der Waals surface area (Å²) in [5, 5.41) is 0. The highest BCUT2D eigenvalue weighted by atomic mass is 16.6. The van der Waals surface area contributed by atoms with Crippen LogP contribution >= 0.6 is 0 Å². The zero-order valence-electron chi connectivity index (χ0n) is 13.3. The van der Waals surface area contributed by atoms with Crippen LogP contribution in [0.25, 0.3) is 0 Å². The molecule has 1 fully saturated rings. The first-order valence-electron chi connectivity index (χ1n) is 7.65. The van der Waals surface area contributed by atoms with Gasteiger partial charge in [0, 0.05) is 6.08 Å². The quantitative estimate of drug-likeness (QED) is 0.275. The number of methoxy groups -OCH3 is 1. The van der Waals surface area contributed by atoms with Crippen molar-refractivity contribution in [3.05, 3.63) is 23.3 Å². The van der Waals surface area contributed by atoms with Crippen molar-refractivity contribution in [3.63, 3.8) is 0 Å². The maximum absolute atomic E-state index is 11.1. The average molecular weight is 280 g/mol. The van der Waals surface area contributed by atoms with Crippen LogP contribution < -0.4 is 0 Å². The molecule has 1 aliphatic rings. The molecule has 1 rings (SSSR count). The van der Waals surface area contributed by atoms with Gasteiger partial charge in [-0.25, -0.2) is 4.79 Å². The van der Waals surface area contributed by atoms with E-state index in [9.17, 15) is 4.79 Å². The lowest BCUT2D eigenvalue weighted by Gasteiger charge is -2.05. The number of carbonyl (C=O) groups is 1. The summed E-state index contributed by atoms with van der Waals surface area (Å²) in [6.45, 7) is 6.32. The first-order valence-corrected chi connectivity index (χ1v) is 7.65. The molecular weight excluding hydrogens is 252 g/mol. The number of hydrogen-bond donors (Lipinski definition) is 0. The average Bonchev–Trinajstić information content (AvgIpc) is 3.12. The van der Waals surface area contributed by atoms with E-state index in [-0.39, 0.29) is 5.97 Å². The smallest absolute Gasteiger partial charge is 0.330 e. The number of rotatable bonds is 9. The molecule has 0 bridgehead atoms. The third-order valence-electron chi connectivity index (χ3n) is 3.81. The normalized spacial score (nSPS) is 22.8. The Kier molecular flexibility index (Phi) is 7.60. The van der Waals surface area contributed by atoms with Gasteiger partial charge in [0.2, 0.25) is 0 Å². The maximum Gasteiger partial charge on any atom is 0.330 e. The molecule has 0 aromatic carbocycles. The Balaban J connectivity index is 2.22. The Morgan fingerprint density at radius 1 is 1.35 bits per heavy atom. The SMILES string of the molecule is CCC(=CCCC(C)=CC(=O)OC)CCCC1OC1C. The van der Waals surface area contributed by atoms with Crippen LogP contribution in [-0.2, 0) is 14.3 Å². The van der Waals surface area contributed by atoms with E-state index >= 15 is 0 Å². The lowest BCUT2D eigenvalue weighted by atomic mass is 10.0. The van der Waals surface area contributed by atoms with Crippen LogP contribution in [0.1, 0.15) is 59.3 Å². The fourth-order valence-corrected chi connectivity index (χ4v) is 2.32. The molecular formula is C17H28O3. The fourth-order valence-electron chi connectivity index (χ4n) is 2.32. The van der Waals surface area contributed by atoms with Gasteiger partial charge in [0.25, 0.3) is 0 Å². The molecule has 0 spiro atoms. The van der Waals surface area contributed by atoms with Gasteiger partial charge in [-0.15, -0.1) is 0 Å². The van der Waals surface area contributed by atoms with E-state index in [1.807, 2.05) is 6.92 Å². The summed E-state index contributed by atoms with van der Waals surface area (Å²) in [6.07, 6.45) is 11.5. The van der Waals surface area contributed by atoms with Crippen LogP contribution in [0, 0.1) is 0 Å². The zero-order valence-corrected chi connectivity index (χ0v) is 13.3. The highest BCUT2D eigenvalue weighted by Crippen LogP contribution is 2.27. The van der Waals surface area contributed by atoms with E-state index in [1.165, 1.54) is 31.9 Å². The molecule has 0 aliphatic carbocycles. The minimum Gasteiger partial charge on any atom is -0.466 e. The molecule has 1 aliphatic heterocycles. The molecule has 3 nitrogen and oxygen atoms in total. The van der Waals surface area contributed by atoms with E-state index < -0.39 is 0 Å². The van der Waals surface area contributed by atoms with E-state index in [0.29, 0.717) is 12.2 Å². The monoisotopic (exact) mass is 280 g/mol. The van der Waals surface area contributed by atoms with Gasteiger partial charge in [-0.3, -0.25) is 0 Å². The number of epoxide rings is 1. The molecule has 0 aromatic rings. The fraction of sp³-hybridized carbons (Fsp3) is 0.706. The van der Waals surface area contributed by atoms with Crippen molar-refractivity contribution in [1.82, 2.24) is 0 Å². The molecule has 20 heavy (non-hydrogen) atoms. The lowest BCUT2D eigenvalue weighted by molar-refractivity contribution is -0.134. The van der Waals surface area contributed by atoms with Crippen molar-refractivity contribution in [2.45, 2.75) is 71.5 Å². The summed E-state index contributed by atoms with van der Waals surface area (Å²) in [5.74, 6) is -0.263. The molecule has 0 saturated carbocycles. The number of carbonyl (C=O) groups excluding carboxylic acids is 1. The largest absolute Gasteiger partial charge is 0.466 e. The maximum atomic E-state index is 11.1. The second kappa shape index (κ2) is 8.96. The third-order valence-corrected chi connectivity index (χ3v) is 3.81. The van der Waals surface area contributed by atoms with Gasteiger partial charge in [-0.05, 0) is 52.4 Å². The van der Waals surface area contributed by atoms with Gasteiger partial charge in [0.1, 0.15) is 0 Å². The molecule has 2 unspecified atom stereocenters. The van der Waals surface area contributed by atoms with Crippen molar-refractivity contribution in [2.24, 2.45) is 0 Å². The van der Waals surface area contributed by atoms with Crippen molar-refractivity contribution in [2.75, 3.05) is 7.11 Å². The van der Waals surface area contributed by atoms with E-state index in [0.717, 1.165) is 24.8 Å². The summed E-state index contributed by atoms with van der Waals surface area (Å²) in [6, 6.07) is 0. The first-order chi connectivity index (χ1) is 9.56. The Morgan fingerprint density at radius 2 is 2.05 bits per heavy atom. The van der Waals surface area contributed by atoms with Crippen molar-refractivity contribution >= 4 is 5.97 Å². The Bertz CT molecular complexity index is 368. The highest BCUT2D eigenvalue weighted by molar-refractivity contribution is 5.82. The molecule has 1 heterocycles. The molecule has 0 amide bonds. The molecule has 114 valence electrons. The van der Waals surface area contributed by atoms with Crippen molar-refractivity contribution < 1.29 is 14.3 Å². The zero-order chi connectivity index (χ0) is 15.0. The summed E-state index contributed by atoms with van der Waals surface area (Å²) in [4.78, 5) is 11.1. The second-order valence-corrected chi connectivity index (χ2v) is 5.54. The minimum absolute atomic E-state index is 0.263. The summed E-state index contributed by atoms with van der Waals surface area (Å²) >= 11 is 0. The van der Waals surface area contributed by atoms with Gasteiger partial charge in [0.05, 0.1) is 19.3 Å². The predicted octanol–water partition coefficient (Wildman–Crippen LogP) is 4.18. The topological polar surface area (TPSA) is 38.8 Å². The van der Waals surface area contributed by atoms with E-state index in [2.05, 4.69) is 24.7 Å². The molecule has 0 aromatic heterocycles. The predicted molar refractivity (Wildman–Crippen MR) is 81.6 cm³/mol. The van der Waals surface area contributed by atoms with Crippen LogP contribution in [0.15, 0.2) is 23.3 Å². The van der Waals surface area contributed by atoms with Gasteiger partial charge < -0.3 is 9.47 Å². The third kappa shape index (κ3) is 6.90. The van der Waals surface area contributed by atoms with Crippen LogP contribution in [0.3, 0.4) is 0 Å². The number of esters is 1. The van der Waals surface area contributed by atoms with Gasteiger partial charge in [-0.1, -0.05) is 24.1 Å². The minimum atomic E-state index is -0.263. The first kappa shape index (κ1) is 17.0. The number of ether oxygens (including phenoxy) is 2. The van der Waals surface area contributed by atoms with Crippen molar-refractivity contribution in [1.29, 1.82) is 0 Å². The molecule has 3 heteroatoms. The Morgan fingerprint density at radius 3 is 2.60 bits per heavy atom. The van der Waals surface area contributed by atoms with Crippen LogP contribution in [-0.4, -0.2) is 25.3 Å². The Labute approximate surface area is 123 Å². The lowest BCUT2D eigenvalue weighted by Crippen LogP contribution is -1.96. The van der Waals surface area contributed by atoms with E-state index in [1.54, 1.807) is 6.08 Å². The van der Waals surface area contributed by atoms with Gasteiger partial charge in [-0.2, -0.15) is 0 Å². The van der Waals surface area contributed by atoms with Crippen molar-refractivity contribution in [3.8, 4) is 0 Å². The molecule has 1 saturated heterocycles. The molecule has 0 N–H and O–H groups in total.